The molecular formula is C12H20N4O3. The van der Waals surface area contributed by atoms with E-state index in [0.717, 1.165) is 19.4 Å². The molecule has 19 heavy (non-hydrogen) atoms. The molecule has 2 N–H and O–H groups in total. The summed E-state index contributed by atoms with van der Waals surface area (Å²) in [6.45, 7) is 2.15. The average Bonchev–Trinajstić information content (AvgIpc) is 2.58. The lowest BCUT2D eigenvalue weighted by Gasteiger charge is -2.30. The molecule has 7 heteroatoms. The molecule has 3 fully saturated rings. The summed E-state index contributed by atoms with van der Waals surface area (Å²) in [6.07, 6.45) is 2.66. The molecular weight excluding hydrogens is 248 g/mol. The molecule has 106 valence electrons. The first-order valence-corrected chi connectivity index (χ1v) is 6.85. The number of nitrogens with zero attached hydrogens (tertiary/aromatic N) is 2. The van der Waals surface area contributed by atoms with Gasteiger partial charge in [-0.25, -0.2) is 10.3 Å². The second-order valence-electron chi connectivity index (χ2n) is 5.51. The highest BCUT2D eigenvalue weighted by Crippen LogP contribution is 2.28. The van der Waals surface area contributed by atoms with Gasteiger partial charge in [-0.05, 0) is 25.8 Å². The summed E-state index contributed by atoms with van der Waals surface area (Å²) in [4.78, 5) is 32.6. The minimum absolute atomic E-state index is 0.0525. The summed E-state index contributed by atoms with van der Waals surface area (Å²) < 4.78 is 0. The maximum Gasteiger partial charge on any atom is 0.320 e. The minimum Gasteiger partial charge on any atom is -0.323 e. The molecule has 2 bridgehead atoms. The van der Waals surface area contributed by atoms with Crippen LogP contribution in [-0.2, 0) is 9.63 Å². The Bertz CT molecular complexity index is 385. The standard InChI is InChI=1S/C12H20N4O3/c1-15-9-2-3-10(16(6-9)12(15)18)11(17)14-19-7-8-4-5-13-8/h8-10,13H,2-7H2,1H3,(H,14,17)/t8-,9+,10-/m0/s1. The van der Waals surface area contributed by atoms with E-state index in [2.05, 4.69) is 10.8 Å². The largest absolute Gasteiger partial charge is 0.323 e. The van der Waals surface area contributed by atoms with Crippen molar-refractivity contribution in [3.8, 4) is 0 Å². The molecule has 0 aromatic carbocycles. The van der Waals surface area contributed by atoms with Crippen LogP contribution >= 0.6 is 0 Å². The molecule has 0 aromatic rings. The van der Waals surface area contributed by atoms with Gasteiger partial charge in [0.1, 0.15) is 6.04 Å². The van der Waals surface area contributed by atoms with Gasteiger partial charge < -0.3 is 15.1 Å². The third-order valence-corrected chi connectivity index (χ3v) is 4.34. The van der Waals surface area contributed by atoms with Crippen molar-refractivity contribution in [3.63, 3.8) is 0 Å². The van der Waals surface area contributed by atoms with Crippen molar-refractivity contribution in [3.05, 3.63) is 0 Å². The number of nitrogens with one attached hydrogen (secondary N) is 2. The van der Waals surface area contributed by atoms with E-state index >= 15 is 0 Å². The zero-order valence-electron chi connectivity index (χ0n) is 11.1. The van der Waals surface area contributed by atoms with Gasteiger partial charge in [0.25, 0.3) is 5.91 Å². The van der Waals surface area contributed by atoms with E-state index in [9.17, 15) is 9.59 Å². The van der Waals surface area contributed by atoms with Gasteiger partial charge in [0.15, 0.2) is 0 Å². The van der Waals surface area contributed by atoms with Crippen molar-refractivity contribution in [2.24, 2.45) is 0 Å². The predicted octanol–water partition coefficient (Wildman–Crippen LogP) is -0.705. The van der Waals surface area contributed by atoms with Crippen LogP contribution in [0.15, 0.2) is 0 Å². The first-order valence-electron chi connectivity index (χ1n) is 6.85. The number of carbonyl (C=O) groups is 2. The molecule has 0 aromatic heterocycles. The number of hydrogen-bond acceptors (Lipinski definition) is 4. The van der Waals surface area contributed by atoms with E-state index in [1.165, 1.54) is 0 Å². The first kappa shape index (κ1) is 12.7. The molecule has 7 nitrogen and oxygen atoms in total. The Morgan fingerprint density at radius 2 is 2.26 bits per heavy atom. The fourth-order valence-electron chi connectivity index (χ4n) is 2.88. The van der Waals surface area contributed by atoms with E-state index in [1.54, 1.807) is 16.8 Å². The van der Waals surface area contributed by atoms with Gasteiger partial charge in [-0.3, -0.25) is 9.63 Å². The van der Waals surface area contributed by atoms with E-state index in [4.69, 9.17) is 4.84 Å². The van der Waals surface area contributed by atoms with Crippen LogP contribution in [0.5, 0.6) is 0 Å². The molecule has 0 aliphatic carbocycles. The van der Waals surface area contributed by atoms with Crippen LogP contribution in [-0.4, -0.2) is 66.6 Å². The van der Waals surface area contributed by atoms with E-state index < -0.39 is 0 Å². The molecule has 3 saturated heterocycles. The van der Waals surface area contributed by atoms with Gasteiger partial charge in [-0.15, -0.1) is 0 Å². The van der Waals surface area contributed by atoms with Crippen LogP contribution < -0.4 is 10.8 Å². The van der Waals surface area contributed by atoms with Crippen LogP contribution in [0.1, 0.15) is 19.3 Å². The van der Waals surface area contributed by atoms with Crippen LogP contribution in [0.2, 0.25) is 0 Å². The Hall–Kier alpha value is -1.34. The van der Waals surface area contributed by atoms with E-state index in [-0.39, 0.29) is 24.0 Å². The topological polar surface area (TPSA) is 73.9 Å². The second kappa shape index (κ2) is 4.97. The fraction of sp³-hybridized carbons (Fsp3) is 0.833. The molecule has 3 amide bonds. The van der Waals surface area contributed by atoms with Crippen LogP contribution in [0, 0.1) is 0 Å². The minimum atomic E-state index is -0.386. The van der Waals surface area contributed by atoms with Crippen molar-refractivity contribution >= 4 is 11.9 Å². The lowest BCUT2D eigenvalue weighted by molar-refractivity contribution is -0.139. The Morgan fingerprint density at radius 1 is 1.47 bits per heavy atom. The fourth-order valence-corrected chi connectivity index (χ4v) is 2.88. The van der Waals surface area contributed by atoms with Gasteiger partial charge in [0.2, 0.25) is 0 Å². The molecule has 3 aliphatic heterocycles. The van der Waals surface area contributed by atoms with Gasteiger partial charge in [-0.2, -0.15) is 0 Å². The number of fused-ring (bicyclic) bond motifs is 2. The third kappa shape index (κ3) is 2.28. The molecule has 0 saturated carbocycles. The first-order chi connectivity index (χ1) is 9.16. The summed E-state index contributed by atoms with van der Waals surface area (Å²) in [5.74, 6) is -0.207. The average molecular weight is 268 g/mol. The van der Waals surface area contributed by atoms with Crippen molar-refractivity contribution in [2.75, 3.05) is 26.7 Å². The molecule has 3 atom stereocenters. The Labute approximate surface area is 112 Å². The Kier molecular flexibility index (Phi) is 3.32. The number of piperidine rings is 1. The highest BCUT2D eigenvalue weighted by atomic mass is 16.7. The van der Waals surface area contributed by atoms with Crippen molar-refractivity contribution in [1.29, 1.82) is 0 Å². The molecule has 3 rings (SSSR count). The smallest absolute Gasteiger partial charge is 0.320 e. The molecule has 0 spiro atoms. The number of hydrogen-bond donors (Lipinski definition) is 2. The highest BCUT2D eigenvalue weighted by Gasteiger charge is 2.45. The van der Waals surface area contributed by atoms with E-state index in [1.807, 2.05) is 0 Å². The number of likely N-dealkylation sites (N-methyl/N-ethyl adjacent to an activating group) is 1. The molecule has 0 radical (unpaired) electrons. The molecule has 3 heterocycles. The zero-order chi connectivity index (χ0) is 13.4. The number of urea groups is 1. The number of carbonyl (C=O) groups excluding carboxylic acids is 2. The summed E-state index contributed by atoms with van der Waals surface area (Å²) in [7, 11) is 1.80. The highest BCUT2D eigenvalue weighted by molar-refractivity contribution is 5.88. The van der Waals surface area contributed by atoms with Crippen molar-refractivity contribution < 1.29 is 14.4 Å². The lowest BCUT2D eigenvalue weighted by atomic mass is 10.0. The number of rotatable bonds is 4. The van der Waals surface area contributed by atoms with Gasteiger partial charge in [0, 0.05) is 19.6 Å². The quantitative estimate of drug-likeness (QED) is 0.661. The summed E-state index contributed by atoms with van der Waals surface area (Å²) in [5, 5.41) is 3.19. The summed E-state index contributed by atoms with van der Waals surface area (Å²) >= 11 is 0. The second-order valence-corrected chi connectivity index (χ2v) is 5.51. The van der Waals surface area contributed by atoms with Crippen LogP contribution in [0.3, 0.4) is 0 Å². The van der Waals surface area contributed by atoms with Crippen LogP contribution in [0.25, 0.3) is 0 Å². The van der Waals surface area contributed by atoms with E-state index in [0.29, 0.717) is 25.6 Å². The monoisotopic (exact) mass is 268 g/mol. The van der Waals surface area contributed by atoms with Crippen molar-refractivity contribution in [2.45, 2.75) is 37.4 Å². The number of amides is 3. The third-order valence-electron chi connectivity index (χ3n) is 4.34. The Balaban J connectivity index is 1.50. The SMILES string of the molecule is CN1C(=O)N2C[C@H]1CC[C@H]2C(=O)NOC[C@@H]1CCN1. The van der Waals surface area contributed by atoms with Gasteiger partial charge in [-0.1, -0.05) is 0 Å². The molecule has 3 aliphatic rings. The van der Waals surface area contributed by atoms with Crippen molar-refractivity contribution in [1.82, 2.24) is 20.6 Å². The number of hydroxylamine groups is 1. The summed E-state index contributed by atoms with van der Waals surface area (Å²) in [5.41, 5.74) is 2.48. The van der Waals surface area contributed by atoms with Gasteiger partial charge >= 0.3 is 6.03 Å². The van der Waals surface area contributed by atoms with Gasteiger partial charge in [0.05, 0.1) is 12.6 Å². The Morgan fingerprint density at radius 3 is 2.95 bits per heavy atom. The maximum absolute atomic E-state index is 12.1. The molecule has 0 unspecified atom stereocenters. The lowest BCUT2D eigenvalue weighted by Crippen LogP contribution is -2.51. The normalized spacial score (nSPS) is 33.3. The predicted molar refractivity (Wildman–Crippen MR) is 67.2 cm³/mol. The zero-order valence-corrected chi connectivity index (χ0v) is 11.1. The maximum atomic E-state index is 12.1. The van der Waals surface area contributed by atoms with Crippen LogP contribution in [0.4, 0.5) is 4.79 Å². The summed E-state index contributed by atoms with van der Waals surface area (Å²) in [6, 6.07) is 0.165.